The first kappa shape index (κ1) is 14.1. The van der Waals surface area contributed by atoms with Crippen molar-refractivity contribution in [2.45, 2.75) is 6.92 Å². The lowest BCUT2D eigenvalue weighted by Gasteiger charge is -2.20. The van der Waals surface area contributed by atoms with Gasteiger partial charge in [0.15, 0.2) is 5.84 Å². The average Bonchev–Trinajstić information content (AvgIpc) is 2.37. The zero-order valence-electron chi connectivity index (χ0n) is 9.80. The van der Waals surface area contributed by atoms with E-state index in [4.69, 9.17) is 22.5 Å². The monoisotopic (exact) mass is 271 g/mol. The molecular formula is C11H14ClN3O3. The maximum atomic E-state index is 12.1. The van der Waals surface area contributed by atoms with Gasteiger partial charge in [-0.3, -0.25) is 4.79 Å². The molecule has 0 unspecified atom stereocenters. The molecular weight excluding hydrogens is 258 g/mol. The highest BCUT2D eigenvalue weighted by Crippen LogP contribution is 2.22. The smallest absolute Gasteiger partial charge is 0.255 e. The highest BCUT2D eigenvalue weighted by atomic mass is 35.5. The van der Waals surface area contributed by atoms with Crippen LogP contribution in [-0.4, -0.2) is 40.0 Å². The summed E-state index contributed by atoms with van der Waals surface area (Å²) in [6, 6.07) is 4.10. The Morgan fingerprint density at radius 2 is 2.22 bits per heavy atom. The highest BCUT2D eigenvalue weighted by Gasteiger charge is 2.18. The molecule has 0 radical (unpaired) electrons. The van der Waals surface area contributed by atoms with Crippen LogP contribution in [0.3, 0.4) is 0 Å². The Balaban J connectivity index is 3.00. The number of carbonyl (C=O) groups excluding carboxylic acids is 1. The Labute approximate surface area is 109 Å². The summed E-state index contributed by atoms with van der Waals surface area (Å²) in [6.45, 7) is 2.10. The van der Waals surface area contributed by atoms with Crippen LogP contribution in [0.25, 0.3) is 0 Å². The summed E-state index contributed by atoms with van der Waals surface area (Å²) in [4.78, 5) is 13.5. The van der Waals surface area contributed by atoms with Crippen molar-refractivity contribution in [1.82, 2.24) is 4.90 Å². The molecule has 0 aliphatic rings. The van der Waals surface area contributed by atoms with Gasteiger partial charge in [0.1, 0.15) is 5.75 Å². The summed E-state index contributed by atoms with van der Waals surface area (Å²) in [5, 5.41) is 20.9. The number of phenolic OH excluding ortho intramolecular Hbond substituents is 1. The van der Waals surface area contributed by atoms with E-state index in [2.05, 4.69) is 5.16 Å². The lowest BCUT2D eigenvalue weighted by atomic mass is 10.2. The van der Waals surface area contributed by atoms with Crippen molar-refractivity contribution in [2.75, 3.05) is 13.1 Å². The van der Waals surface area contributed by atoms with Crippen LogP contribution < -0.4 is 5.73 Å². The fourth-order valence-electron chi connectivity index (χ4n) is 1.40. The summed E-state index contributed by atoms with van der Waals surface area (Å²) < 4.78 is 0. The van der Waals surface area contributed by atoms with Crippen molar-refractivity contribution in [3.63, 3.8) is 0 Å². The molecule has 1 aromatic carbocycles. The first-order chi connectivity index (χ1) is 8.49. The second kappa shape index (κ2) is 6.11. The van der Waals surface area contributed by atoms with Gasteiger partial charge in [0.2, 0.25) is 0 Å². The number of carbonyl (C=O) groups is 1. The van der Waals surface area contributed by atoms with Gasteiger partial charge in [-0.25, -0.2) is 0 Å². The van der Waals surface area contributed by atoms with Crippen LogP contribution in [0.2, 0.25) is 5.02 Å². The molecule has 4 N–H and O–H groups in total. The average molecular weight is 272 g/mol. The molecule has 1 aromatic rings. The molecule has 0 heterocycles. The van der Waals surface area contributed by atoms with Crippen LogP contribution in [0, 0.1) is 0 Å². The van der Waals surface area contributed by atoms with Crippen LogP contribution in [0.15, 0.2) is 23.4 Å². The lowest BCUT2D eigenvalue weighted by Crippen LogP contribution is -2.38. The molecule has 1 rings (SSSR count). The Bertz CT molecular complexity index is 477. The molecule has 1 amide bonds. The van der Waals surface area contributed by atoms with Gasteiger partial charge in [0.25, 0.3) is 5.91 Å². The minimum absolute atomic E-state index is 0.0161. The topological polar surface area (TPSA) is 99.1 Å². The third-order valence-corrected chi connectivity index (χ3v) is 2.66. The minimum atomic E-state index is -0.398. The largest absolute Gasteiger partial charge is 0.508 e. The molecule has 0 saturated carbocycles. The summed E-state index contributed by atoms with van der Waals surface area (Å²) in [5.74, 6) is -0.533. The predicted molar refractivity (Wildman–Crippen MR) is 68.1 cm³/mol. The van der Waals surface area contributed by atoms with Crippen LogP contribution in [0.1, 0.15) is 17.3 Å². The van der Waals surface area contributed by atoms with Crippen molar-refractivity contribution in [3.05, 3.63) is 28.8 Å². The van der Waals surface area contributed by atoms with Gasteiger partial charge in [-0.15, -0.1) is 0 Å². The molecule has 7 heteroatoms. The summed E-state index contributed by atoms with van der Waals surface area (Å²) in [5.41, 5.74) is 5.53. The van der Waals surface area contributed by atoms with Gasteiger partial charge in [0.05, 0.1) is 17.1 Å². The van der Waals surface area contributed by atoms with Gasteiger partial charge in [-0.05, 0) is 25.1 Å². The molecule has 0 fully saturated rings. The van der Waals surface area contributed by atoms with Crippen molar-refractivity contribution in [1.29, 1.82) is 0 Å². The first-order valence-electron chi connectivity index (χ1n) is 5.23. The zero-order chi connectivity index (χ0) is 13.7. The number of amides is 1. The number of hydrogen-bond donors (Lipinski definition) is 3. The van der Waals surface area contributed by atoms with E-state index in [1.807, 2.05) is 0 Å². The van der Waals surface area contributed by atoms with Gasteiger partial charge in [-0.1, -0.05) is 16.8 Å². The molecule has 0 spiro atoms. The highest BCUT2D eigenvalue weighted by molar-refractivity contribution is 6.33. The van der Waals surface area contributed by atoms with Crippen molar-refractivity contribution in [2.24, 2.45) is 10.9 Å². The van der Waals surface area contributed by atoms with Gasteiger partial charge in [-0.2, -0.15) is 0 Å². The number of nitrogens with two attached hydrogens (primary N) is 1. The molecule has 0 bridgehead atoms. The van der Waals surface area contributed by atoms with Crippen LogP contribution in [-0.2, 0) is 0 Å². The maximum absolute atomic E-state index is 12.1. The standard InChI is InChI=1S/C11H14ClN3O3/c1-2-15(6-10(13)14-18)11(17)8-5-7(16)3-4-9(8)12/h3-5,16,18H,2,6H2,1H3,(H2,13,14). The number of aromatic hydroxyl groups is 1. The van der Waals surface area contributed by atoms with Gasteiger partial charge < -0.3 is 20.9 Å². The summed E-state index contributed by atoms with van der Waals surface area (Å²) >= 11 is 5.89. The van der Waals surface area contributed by atoms with E-state index < -0.39 is 5.91 Å². The minimum Gasteiger partial charge on any atom is -0.508 e. The second-order valence-electron chi connectivity index (χ2n) is 3.57. The first-order valence-corrected chi connectivity index (χ1v) is 5.61. The molecule has 0 aromatic heterocycles. The van der Waals surface area contributed by atoms with E-state index in [0.29, 0.717) is 6.54 Å². The van der Waals surface area contributed by atoms with Crippen LogP contribution >= 0.6 is 11.6 Å². The van der Waals surface area contributed by atoms with E-state index in [1.165, 1.54) is 23.1 Å². The SMILES string of the molecule is CCN(C/C(N)=N/O)C(=O)c1cc(O)ccc1Cl. The molecule has 18 heavy (non-hydrogen) atoms. The third kappa shape index (κ3) is 3.27. The molecule has 0 atom stereocenters. The normalized spacial score (nSPS) is 11.3. The van der Waals surface area contributed by atoms with Crippen molar-refractivity contribution >= 4 is 23.3 Å². The Kier molecular flexibility index (Phi) is 4.79. The van der Waals surface area contributed by atoms with Crippen molar-refractivity contribution in [3.8, 4) is 5.75 Å². The maximum Gasteiger partial charge on any atom is 0.255 e. The van der Waals surface area contributed by atoms with E-state index in [9.17, 15) is 9.90 Å². The fourth-order valence-corrected chi connectivity index (χ4v) is 1.60. The van der Waals surface area contributed by atoms with Crippen LogP contribution in [0.4, 0.5) is 0 Å². The predicted octanol–water partition coefficient (Wildman–Crippen LogP) is 1.25. The van der Waals surface area contributed by atoms with Crippen LogP contribution in [0.5, 0.6) is 5.75 Å². The number of oxime groups is 1. The number of benzene rings is 1. The number of amidine groups is 1. The Hall–Kier alpha value is -1.95. The molecule has 6 nitrogen and oxygen atoms in total. The number of nitrogens with zero attached hydrogens (tertiary/aromatic N) is 2. The third-order valence-electron chi connectivity index (χ3n) is 2.33. The Morgan fingerprint density at radius 3 is 2.78 bits per heavy atom. The van der Waals surface area contributed by atoms with E-state index in [1.54, 1.807) is 6.92 Å². The number of likely N-dealkylation sites (N-methyl/N-ethyl adjacent to an activating group) is 1. The van der Waals surface area contributed by atoms with E-state index in [0.717, 1.165) is 0 Å². The number of rotatable bonds is 4. The number of halogens is 1. The van der Waals surface area contributed by atoms with Gasteiger partial charge in [0, 0.05) is 6.54 Å². The number of hydrogen-bond acceptors (Lipinski definition) is 4. The molecule has 0 saturated heterocycles. The molecule has 98 valence electrons. The molecule has 0 aliphatic carbocycles. The fraction of sp³-hybridized carbons (Fsp3) is 0.273. The van der Waals surface area contributed by atoms with E-state index >= 15 is 0 Å². The number of phenols is 1. The molecule has 0 aliphatic heterocycles. The Morgan fingerprint density at radius 1 is 1.56 bits per heavy atom. The van der Waals surface area contributed by atoms with Crippen molar-refractivity contribution < 1.29 is 15.1 Å². The summed E-state index contributed by atoms with van der Waals surface area (Å²) in [7, 11) is 0. The van der Waals surface area contributed by atoms with E-state index in [-0.39, 0.29) is 28.7 Å². The quantitative estimate of drug-likeness (QED) is 0.332. The second-order valence-corrected chi connectivity index (χ2v) is 3.98. The van der Waals surface area contributed by atoms with Gasteiger partial charge >= 0.3 is 0 Å². The zero-order valence-corrected chi connectivity index (χ0v) is 10.6. The lowest BCUT2D eigenvalue weighted by molar-refractivity contribution is 0.0786. The summed E-state index contributed by atoms with van der Waals surface area (Å²) in [6.07, 6.45) is 0.